The van der Waals surface area contributed by atoms with Crippen LogP contribution in [0.25, 0.3) is 0 Å². The summed E-state index contributed by atoms with van der Waals surface area (Å²) < 4.78 is 4.98. The van der Waals surface area contributed by atoms with Crippen LogP contribution in [0.5, 0.6) is 0 Å². The van der Waals surface area contributed by atoms with Gasteiger partial charge in [0.15, 0.2) is 0 Å². The van der Waals surface area contributed by atoms with Gasteiger partial charge in [-0.15, -0.1) is 0 Å². The molecule has 0 aliphatic heterocycles. The van der Waals surface area contributed by atoms with Gasteiger partial charge in [0, 0.05) is 25.5 Å². The Balaban J connectivity index is 2.17. The molecule has 0 bridgehead atoms. The number of nitrogens with zero attached hydrogens (tertiary/aromatic N) is 1. The molecule has 0 aliphatic rings. The maximum Gasteiger partial charge on any atom is 0.120 e. The second kappa shape index (κ2) is 4.90. The first-order valence-corrected chi connectivity index (χ1v) is 4.03. The SMILES string of the molecule is COCC(C)NCc1ncc[nH]1. The summed E-state index contributed by atoms with van der Waals surface area (Å²) in [5, 5.41) is 3.27. The third kappa shape index (κ3) is 3.02. The standard InChI is InChI=1S/C8H15N3O/c1-7(6-12-2)11-5-8-9-3-4-10-8/h3-4,7,11H,5-6H2,1-2H3,(H,9,10). The summed E-state index contributed by atoms with van der Waals surface area (Å²) in [6, 6.07) is 0.361. The van der Waals surface area contributed by atoms with Gasteiger partial charge in [-0.2, -0.15) is 0 Å². The molecule has 0 radical (unpaired) electrons. The first kappa shape index (κ1) is 9.22. The average molecular weight is 169 g/mol. The van der Waals surface area contributed by atoms with Crippen LogP contribution in [-0.4, -0.2) is 29.7 Å². The molecular weight excluding hydrogens is 154 g/mol. The van der Waals surface area contributed by atoms with Crippen molar-refractivity contribution in [2.45, 2.75) is 19.5 Å². The summed E-state index contributed by atoms with van der Waals surface area (Å²) in [6.45, 7) is 3.56. The van der Waals surface area contributed by atoms with Crippen molar-refractivity contribution in [1.29, 1.82) is 0 Å². The van der Waals surface area contributed by atoms with Crippen molar-refractivity contribution in [2.24, 2.45) is 0 Å². The third-order valence-corrected chi connectivity index (χ3v) is 1.59. The Morgan fingerprint density at radius 2 is 2.58 bits per heavy atom. The molecule has 1 unspecified atom stereocenters. The van der Waals surface area contributed by atoms with Gasteiger partial charge in [0.25, 0.3) is 0 Å². The van der Waals surface area contributed by atoms with Crippen LogP contribution in [0, 0.1) is 0 Å². The Labute approximate surface area is 72.3 Å². The van der Waals surface area contributed by atoms with Gasteiger partial charge < -0.3 is 15.0 Å². The largest absolute Gasteiger partial charge is 0.383 e. The first-order valence-electron chi connectivity index (χ1n) is 4.03. The van der Waals surface area contributed by atoms with E-state index in [-0.39, 0.29) is 0 Å². The fraction of sp³-hybridized carbons (Fsp3) is 0.625. The molecule has 1 heterocycles. The normalized spacial score (nSPS) is 13.2. The van der Waals surface area contributed by atoms with Crippen LogP contribution in [-0.2, 0) is 11.3 Å². The van der Waals surface area contributed by atoms with Crippen molar-refractivity contribution in [3.05, 3.63) is 18.2 Å². The van der Waals surface area contributed by atoms with Crippen molar-refractivity contribution in [3.63, 3.8) is 0 Å². The van der Waals surface area contributed by atoms with E-state index in [1.165, 1.54) is 0 Å². The molecule has 0 aromatic carbocycles. The number of aromatic nitrogens is 2. The highest BCUT2D eigenvalue weighted by Crippen LogP contribution is 1.89. The molecule has 4 nitrogen and oxygen atoms in total. The van der Waals surface area contributed by atoms with Crippen molar-refractivity contribution in [1.82, 2.24) is 15.3 Å². The highest BCUT2D eigenvalue weighted by Gasteiger charge is 2.00. The molecule has 0 aliphatic carbocycles. The molecule has 0 fully saturated rings. The van der Waals surface area contributed by atoms with Crippen LogP contribution in [0.3, 0.4) is 0 Å². The minimum Gasteiger partial charge on any atom is -0.383 e. The van der Waals surface area contributed by atoms with E-state index >= 15 is 0 Å². The van der Waals surface area contributed by atoms with Crippen molar-refractivity contribution in [2.75, 3.05) is 13.7 Å². The fourth-order valence-corrected chi connectivity index (χ4v) is 0.974. The molecule has 1 aromatic heterocycles. The van der Waals surface area contributed by atoms with E-state index < -0.39 is 0 Å². The lowest BCUT2D eigenvalue weighted by atomic mass is 10.3. The van der Waals surface area contributed by atoms with Gasteiger partial charge in [-0.3, -0.25) is 0 Å². The van der Waals surface area contributed by atoms with E-state index in [2.05, 4.69) is 22.2 Å². The van der Waals surface area contributed by atoms with E-state index in [1.807, 2.05) is 6.20 Å². The van der Waals surface area contributed by atoms with Crippen LogP contribution in [0.1, 0.15) is 12.7 Å². The van der Waals surface area contributed by atoms with Gasteiger partial charge in [-0.1, -0.05) is 0 Å². The van der Waals surface area contributed by atoms with E-state index in [0.717, 1.165) is 19.0 Å². The zero-order valence-electron chi connectivity index (χ0n) is 7.50. The Morgan fingerprint density at radius 1 is 1.75 bits per heavy atom. The van der Waals surface area contributed by atoms with Gasteiger partial charge >= 0.3 is 0 Å². The maximum absolute atomic E-state index is 4.98. The predicted molar refractivity (Wildman–Crippen MR) is 46.8 cm³/mol. The van der Waals surface area contributed by atoms with E-state index in [4.69, 9.17) is 4.74 Å². The number of hydrogen-bond acceptors (Lipinski definition) is 3. The fourth-order valence-electron chi connectivity index (χ4n) is 0.974. The van der Waals surface area contributed by atoms with Gasteiger partial charge in [-0.25, -0.2) is 4.98 Å². The summed E-state index contributed by atoms with van der Waals surface area (Å²) in [5.41, 5.74) is 0. The zero-order valence-corrected chi connectivity index (χ0v) is 7.50. The monoisotopic (exact) mass is 169 g/mol. The lowest BCUT2D eigenvalue weighted by Crippen LogP contribution is -2.29. The number of rotatable bonds is 5. The average Bonchev–Trinajstić information content (AvgIpc) is 2.53. The third-order valence-electron chi connectivity index (χ3n) is 1.59. The summed E-state index contributed by atoms with van der Waals surface area (Å²) in [5.74, 6) is 0.956. The molecule has 12 heavy (non-hydrogen) atoms. The second-order valence-electron chi connectivity index (χ2n) is 2.77. The minimum atomic E-state index is 0.361. The highest BCUT2D eigenvalue weighted by atomic mass is 16.5. The molecule has 68 valence electrons. The number of nitrogens with one attached hydrogen (secondary N) is 2. The Morgan fingerprint density at radius 3 is 3.17 bits per heavy atom. The lowest BCUT2D eigenvalue weighted by Gasteiger charge is -2.10. The van der Waals surface area contributed by atoms with Crippen LogP contribution in [0.15, 0.2) is 12.4 Å². The minimum absolute atomic E-state index is 0.361. The topological polar surface area (TPSA) is 49.9 Å². The summed E-state index contributed by atoms with van der Waals surface area (Å²) in [7, 11) is 1.70. The summed E-state index contributed by atoms with van der Waals surface area (Å²) >= 11 is 0. The first-order chi connectivity index (χ1) is 5.83. The number of ether oxygens (including phenoxy) is 1. The highest BCUT2D eigenvalue weighted by molar-refractivity contribution is 4.86. The quantitative estimate of drug-likeness (QED) is 0.676. The van der Waals surface area contributed by atoms with Gasteiger partial charge in [0.05, 0.1) is 13.2 Å². The Kier molecular flexibility index (Phi) is 3.76. The second-order valence-corrected chi connectivity index (χ2v) is 2.77. The molecule has 2 N–H and O–H groups in total. The molecule has 0 saturated carbocycles. The molecule has 0 amide bonds. The number of H-pyrrole nitrogens is 1. The van der Waals surface area contributed by atoms with Gasteiger partial charge in [-0.05, 0) is 6.92 Å². The predicted octanol–water partition coefficient (Wildman–Crippen LogP) is 0.534. The smallest absolute Gasteiger partial charge is 0.120 e. The summed E-state index contributed by atoms with van der Waals surface area (Å²) in [6.07, 6.45) is 3.57. The summed E-state index contributed by atoms with van der Waals surface area (Å²) in [4.78, 5) is 7.11. The van der Waals surface area contributed by atoms with Crippen molar-refractivity contribution < 1.29 is 4.74 Å². The molecule has 0 spiro atoms. The van der Waals surface area contributed by atoms with Crippen LogP contribution in [0.2, 0.25) is 0 Å². The van der Waals surface area contributed by atoms with Gasteiger partial charge in [0.1, 0.15) is 5.82 Å². The van der Waals surface area contributed by atoms with Crippen molar-refractivity contribution in [3.8, 4) is 0 Å². The molecule has 0 saturated heterocycles. The molecule has 1 atom stereocenters. The number of aromatic amines is 1. The molecule has 1 aromatic rings. The number of methoxy groups -OCH3 is 1. The maximum atomic E-state index is 4.98. The number of hydrogen-bond donors (Lipinski definition) is 2. The Hall–Kier alpha value is -0.870. The van der Waals surface area contributed by atoms with E-state index in [0.29, 0.717) is 6.04 Å². The Bertz CT molecular complexity index is 198. The zero-order chi connectivity index (χ0) is 8.81. The molecular formula is C8H15N3O. The van der Waals surface area contributed by atoms with E-state index in [9.17, 15) is 0 Å². The molecule has 1 rings (SSSR count). The van der Waals surface area contributed by atoms with E-state index in [1.54, 1.807) is 13.3 Å². The number of imidazole rings is 1. The van der Waals surface area contributed by atoms with Crippen molar-refractivity contribution >= 4 is 0 Å². The van der Waals surface area contributed by atoms with Crippen LogP contribution < -0.4 is 5.32 Å². The van der Waals surface area contributed by atoms with Crippen LogP contribution in [0.4, 0.5) is 0 Å². The molecule has 4 heteroatoms. The van der Waals surface area contributed by atoms with Gasteiger partial charge in [0.2, 0.25) is 0 Å². The van der Waals surface area contributed by atoms with Crippen LogP contribution >= 0.6 is 0 Å². The lowest BCUT2D eigenvalue weighted by molar-refractivity contribution is 0.171.